The molecule has 2 aromatic carbocycles. The summed E-state index contributed by atoms with van der Waals surface area (Å²) in [6.07, 6.45) is 0. The molecule has 1 aliphatic rings. The molecule has 9 heteroatoms. The number of ether oxygens (including phenoxy) is 3. The predicted molar refractivity (Wildman–Crippen MR) is 99.1 cm³/mol. The van der Waals surface area contributed by atoms with Crippen molar-refractivity contribution in [3.05, 3.63) is 48.3 Å². The summed E-state index contributed by atoms with van der Waals surface area (Å²) in [5.74, 6) is 0.890. The molecule has 0 saturated heterocycles. The highest BCUT2D eigenvalue weighted by molar-refractivity contribution is 6.01. The van der Waals surface area contributed by atoms with Crippen LogP contribution in [0.1, 0.15) is 0 Å². The second-order valence-corrected chi connectivity index (χ2v) is 6.11. The van der Waals surface area contributed by atoms with Gasteiger partial charge in [-0.05, 0) is 43.4 Å². The molecular weight excluding hydrogens is 369 g/mol. The van der Waals surface area contributed by atoms with E-state index in [1.54, 1.807) is 30.1 Å². The number of carbonyl (C=O) groups is 2. The van der Waals surface area contributed by atoms with E-state index in [0.717, 1.165) is 0 Å². The highest BCUT2D eigenvalue weighted by Gasteiger charge is 2.15. The second kappa shape index (κ2) is 9.05. The largest absolute Gasteiger partial charge is 0.492 e. The third kappa shape index (κ3) is 5.58. The van der Waals surface area contributed by atoms with Crippen LogP contribution in [0.25, 0.3) is 0 Å². The lowest BCUT2D eigenvalue weighted by molar-refractivity contribution is -0.120. The number of hydrogen-bond acceptors (Lipinski definition) is 6. The van der Waals surface area contributed by atoms with Crippen molar-refractivity contribution < 1.29 is 28.2 Å². The van der Waals surface area contributed by atoms with Crippen molar-refractivity contribution in [3.8, 4) is 17.2 Å². The van der Waals surface area contributed by atoms with Crippen LogP contribution in [0.5, 0.6) is 17.2 Å². The van der Waals surface area contributed by atoms with Gasteiger partial charge in [-0.3, -0.25) is 15.0 Å². The summed E-state index contributed by atoms with van der Waals surface area (Å²) in [7, 11) is 1.73. The van der Waals surface area contributed by atoms with Crippen LogP contribution in [-0.2, 0) is 4.79 Å². The van der Waals surface area contributed by atoms with E-state index in [2.05, 4.69) is 10.6 Å². The highest BCUT2D eigenvalue weighted by Crippen LogP contribution is 2.34. The van der Waals surface area contributed by atoms with E-state index in [1.165, 1.54) is 24.3 Å². The summed E-state index contributed by atoms with van der Waals surface area (Å²) in [6.45, 7) is 0.926. The first-order valence-electron chi connectivity index (χ1n) is 8.57. The van der Waals surface area contributed by atoms with E-state index < -0.39 is 11.9 Å². The fourth-order valence-corrected chi connectivity index (χ4v) is 2.48. The Hall–Kier alpha value is -3.33. The Morgan fingerprint density at radius 1 is 1.14 bits per heavy atom. The van der Waals surface area contributed by atoms with Crippen molar-refractivity contribution in [3.63, 3.8) is 0 Å². The van der Waals surface area contributed by atoms with E-state index in [9.17, 15) is 14.0 Å². The Bertz CT molecular complexity index is 844. The molecule has 2 N–H and O–H groups in total. The number of carbonyl (C=O) groups excluding carboxylic acids is 2. The third-order valence-electron chi connectivity index (χ3n) is 3.85. The minimum absolute atomic E-state index is 0.0152. The Morgan fingerprint density at radius 2 is 1.89 bits per heavy atom. The normalized spacial score (nSPS) is 12.0. The molecule has 1 aliphatic heterocycles. The maximum absolute atomic E-state index is 12.8. The van der Waals surface area contributed by atoms with Gasteiger partial charge in [-0.2, -0.15) is 0 Å². The average Bonchev–Trinajstić information content (AvgIpc) is 3.11. The number of urea groups is 1. The first-order valence-corrected chi connectivity index (χ1v) is 8.57. The maximum Gasteiger partial charge on any atom is 0.325 e. The van der Waals surface area contributed by atoms with Gasteiger partial charge in [0.2, 0.25) is 12.7 Å². The zero-order chi connectivity index (χ0) is 19.9. The molecule has 0 bridgehead atoms. The van der Waals surface area contributed by atoms with Gasteiger partial charge in [0.05, 0.1) is 6.54 Å². The van der Waals surface area contributed by atoms with Gasteiger partial charge in [0.25, 0.3) is 0 Å². The number of likely N-dealkylation sites (N-methyl/N-ethyl adjacent to an activating group) is 1. The van der Waals surface area contributed by atoms with Gasteiger partial charge in [-0.25, -0.2) is 9.18 Å². The van der Waals surface area contributed by atoms with Crippen LogP contribution < -0.4 is 24.8 Å². The molecule has 148 valence electrons. The summed E-state index contributed by atoms with van der Waals surface area (Å²) in [4.78, 5) is 25.6. The van der Waals surface area contributed by atoms with Crippen molar-refractivity contribution in [2.24, 2.45) is 0 Å². The molecule has 0 fully saturated rings. The summed E-state index contributed by atoms with van der Waals surface area (Å²) in [6, 6.07) is 9.98. The van der Waals surface area contributed by atoms with Crippen LogP contribution in [0.2, 0.25) is 0 Å². The summed E-state index contributed by atoms with van der Waals surface area (Å²) < 4.78 is 28.7. The van der Waals surface area contributed by atoms with E-state index in [0.29, 0.717) is 36.1 Å². The number of nitrogens with one attached hydrogen (secondary N) is 2. The zero-order valence-corrected chi connectivity index (χ0v) is 15.2. The van der Waals surface area contributed by atoms with Crippen molar-refractivity contribution in [2.45, 2.75) is 0 Å². The summed E-state index contributed by atoms with van der Waals surface area (Å²) in [5, 5.41) is 4.82. The number of imide groups is 1. The topological polar surface area (TPSA) is 89.1 Å². The van der Waals surface area contributed by atoms with Crippen LogP contribution in [0.4, 0.5) is 14.9 Å². The number of amides is 3. The fourth-order valence-electron chi connectivity index (χ4n) is 2.48. The van der Waals surface area contributed by atoms with E-state index in [1.807, 2.05) is 0 Å². The van der Waals surface area contributed by atoms with Gasteiger partial charge in [0.1, 0.15) is 18.2 Å². The molecule has 3 rings (SSSR count). The number of nitrogens with zero attached hydrogens (tertiary/aromatic N) is 1. The van der Waals surface area contributed by atoms with Gasteiger partial charge in [-0.15, -0.1) is 0 Å². The molecule has 1 heterocycles. The van der Waals surface area contributed by atoms with Crippen molar-refractivity contribution in [1.82, 2.24) is 10.2 Å². The first kappa shape index (κ1) is 19.4. The molecular formula is C19H20FN3O5. The lowest BCUT2D eigenvalue weighted by atomic mass is 10.3. The molecule has 0 saturated carbocycles. The number of benzene rings is 2. The van der Waals surface area contributed by atoms with Gasteiger partial charge in [0.15, 0.2) is 11.5 Å². The maximum atomic E-state index is 12.8. The van der Waals surface area contributed by atoms with Crippen LogP contribution in [0, 0.1) is 5.82 Å². The predicted octanol–water partition coefficient (Wildman–Crippen LogP) is 2.21. The Morgan fingerprint density at radius 3 is 2.68 bits per heavy atom. The molecule has 0 aliphatic carbocycles. The second-order valence-electron chi connectivity index (χ2n) is 6.11. The van der Waals surface area contributed by atoms with Crippen molar-refractivity contribution in [1.29, 1.82) is 0 Å². The third-order valence-corrected chi connectivity index (χ3v) is 3.85. The first-order chi connectivity index (χ1) is 13.5. The number of fused-ring (bicyclic) bond motifs is 1. The van der Waals surface area contributed by atoms with Gasteiger partial charge < -0.3 is 19.5 Å². The minimum Gasteiger partial charge on any atom is -0.492 e. The van der Waals surface area contributed by atoms with Crippen LogP contribution in [0.15, 0.2) is 42.5 Å². The van der Waals surface area contributed by atoms with E-state index in [4.69, 9.17) is 14.2 Å². The van der Waals surface area contributed by atoms with E-state index >= 15 is 0 Å². The fraction of sp³-hybridized carbons (Fsp3) is 0.263. The summed E-state index contributed by atoms with van der Waals surface area (Å²) in [5.41, 5.74) is 0.482. The van der Waals surface area contributed by atoms with Crippen LogP contribution >= 0.6 is 0 Å². The lowest BCUT2D eigenvalue weighted by Crippen LogP contribution is -2.41. The smallest absolute Gasteiger partial charge is 0.325 e. The molecule has 28 heavy (non-hydrogen) atoms. The monoisotopic (exact) mass is 389 g/mol. The Kier molecular flexibility index (Phi) is 6.28. The Labute approximate surface area is 161 Å². The molecule has 0 spiro atoms. The van der Waals surface area contributed by atoms with Gasteiger partial charge in [0, 0.05) is 18.3 Å². The van der Waals surface area contributed by atoms with Crippen LogP contribution in [0.3, 0.4) is 0 Å². The minimum atomic E-state index is -0.639. The molecule has 0 radical (unpaired) electrons. The number of anilines is 1. The standard InChI is InChI=1S/C19H20FN3O5/c1-23(8-9-26-15-5-2-13(20)3-6-15)11-18(24)22-19(25)21-14-4-7-16-17(10-14)28-12-27-16/h2-7,10H,8-9,11-12H2,1H3,(H2,21,22,24,25). The SMILES string of the molecule is CN(CCOc1ccc(F)cc1)CC(=O)NC(=O)Nc1ccc2c(c1)OCO2. The van der Waals surface area contributed by atoms with E-state index in [-0.39, 0.29) is 19.2 Å². The molecule has 0 unspecified atom stereocenters. The number of rotatable bonds is 7. The quantitative estimate of drug-likeness (QED) is 0.755. The highest BCUT2D eigenvalue weighted by atomic mass is 19.1. The molecule has 0 aromatic heterocycles. The average molecular weight is 389 g/mol. The summed E-state index contributed by atoms with van der Waals surface area (Å²) >= 11 is 0. The Balaban J connectivity index is 1.36. The molecule has 8 nitrogen and oxygen atoms in total. The molecule has 3 amide bonds. The number of hydrogen-bond donors (Lipinski definition) is 2. The van der Waals surface area contributed by atoms with Gasteiger partial charge >= 0.3 is 6.03 Å². The van der Waals surface area contributed by atoms with Crippen molar-refractivity contribution in [2.75, 3.05) is 38.9 Å². The molecule has 2 aromatic rings. The van der Waals surface area contributed by atoms with Crippen LogP contribution in [-0.4, -0.2) is 50.4 Å². The number of halogens is 1. The molecule has 0 atom stereocenters. The van der Waals surface area contributed by atoms with Gasteiger partial charge in [-0.1, -0.05) is 0 Å². The zero-order valence-electron chi connectivity index (χ0n) is 15.2. The van der Waals surface area contributed by atoms with Crippen molar-refractivity contribution >= 4 is 17.6 Å². The lowest BCUT2D eigenvalue weighted by Gasteiger charge is -2.16.